The number of para-hydroxylation sites is 1. The number of anilines is 2. The highest BCUT2D eigenvalue weighted by molar-refractivity contribution is 7.22. The molecule has 2 aromatic heterocycles. The largest absolute Gasteiger partial charge is 0.375 e. The van der Waals surface area contributed by atoms with Crippen LogP contribution in [0.1, 0.15) is 10.4 Å². The number of fused-ring (bicyclic) bond motifs is 1. The first kappa shape index (κ1) is 22.1. The molecule has 2 aromatic carbocycles. The molecule has 1 saturated heterocycles. The molecular weight excluding hydrogens is 452 g/mol. The molecule has 1 fully saturated rings. The number of nitrogens with one attached hydrogen (secondary N) is 1. The van der Waals surface area contributed by atoms with Crippen molar-refractivity contribution in [3.63, 3.8) is 0 Å². The maximum atomic E-state index is 13.2. The number of carbonyl (C=O) groups is 2. The molecule has 4 aromatic rings. The number of amides is 2. The number of benzene rings is 2. The van der Waals surface area contributed by atoms with Gasteiger partial charge in [0.15, 0.2) is 5.13 Å². The van der Waals surface area contributed by atoms with Gasteiger partial charge in [0.2, 0.25) is 5.91 Å². The zero-order valence-corrected chi connectivity index (χ0v) is 19.5. The lowest BCUT2D eigenvalue weighted by Gasteiger charge is -2.34. The van der Waals surface area contributed by atoms with Crippen molar-refractivity contribution < 1.29 is 14.3 Å². The van der Waals surface area contributed by atoms with Crippen molar-refractivity contribution in [3.05, 3.63) is 66.5 Å². The molecule has 0 radical (unpaired) electrons. The number of hydrogen-bond acceptors (Lipinski definition) is 7. The Morgan fingerprint density at radius 2 is 1.91 bits per heavy atom. The number of thiazole rings is 1. The molecule has 34 heavy (non-hydrogen) atoms. The Hall–Kier alpha value is -3.76. The van der Waals surface area contributed by atoms with E-state index in [1.165, 1.54) is 11.8 Å². The van der Waals surface area contributed by atoms with Gasteiger partial charge in [0.05, 0.1) is 34.0 Å². The number of aromatic nitrogens is 3. The van der Waals surface area contributed by atoms with E-state index in [2.05, 4.69) is 21.4 Å². The molecule has 1 aliphatic rings. The highest BCUT2D eigenvalue weighted by atomic mass is 32.1. The van der Waals surface area contributed by atoms with Gasteiger partial charge in [0.25, 0.3) is 5.91 Å². The molecule has 5 rings (SSSR count). The van der Waals surface area contributed by atoms with Crippen molar-refractivity contribution in [2.24, 2.45) is 0 Å². The van der Waals surface area contributed by atoms with Gasteiger partial charge in [0.1, 0.15) is 6.61 Å². The van der Waals surface area contributed by atoms with E-state index in [0.717, 1.165) is 29.4 Å². The summed E-state index contributed by atoms with van der Waals surface area (Å²) in [6.45, 7) is 2.73. The summed E-state index contributed by atoms with van der Waals surface area (Å²) in [5, 5.41) is 8.02. The van der Waals surface area contributed by atoms with Gasteiger partial charge in [-0.2, -0.15) is 5.10 Å². The molecule has 0 spiro atoms. The van der Waals surface area contributed by atoms with E-state index in [1.54, 1.807) is 28.4 Å². The van der Waals surface area contributed by atoms with Crippen molar-refractivity contribution >= 4 is 44.2 Å². The predicted molar refractivity (Wildman–Crippen MR) is 132 cm³/mol. The summed E-state index contributed by atoms with van der Waals surface area (Å²) in [6, 6.07) is 15.5. The van der Waals surface area contributed by atoms with Crippen molar-refractivity contribution in [3.8, 4) is 5.69 Å². The summed E-state index contributed by atoms with van der Waals surface area (Å²) in [5.41, 5.74) is 2.92. The van der Waals surface area contributed by atoms with Gasteiger partial charge >= 0.3 is 0 Å². The average Bonchev–Trinajstić information content (AvgIpc) is 3.51. The maximum Gasteiger partial charge on any atom is 0.254 e. The third-order valence-corrected chi connectivity index (χ3v) is 6.72. The van der Waals surface area contributed by atoms with Gasteiger partial charge in [-0.25, -0.2) is 9.67 Å². The van der Waals surface area contributed by atoms with Gasteiger partial charge in [-0.1, -0.05) is 29.5 Å². The summed E-state index contributed by atoms with van der Waals surface area (Å²) < 4.78 is 7.63. The van der Waals surface area contributed by atoms with Gasteiger partial charge in [0, 0.05) is 38.9 Å². The van der Waals surface area contributed by atoms with Crippen molar-refractivity contribution in [2.75, 3.05) is 50.1 Å². The molecule has 9 nitrogen and oxygen atoms in total. The van der Waals surface area contributed by atoms with Crippen LogP contribution >= 0.6 is 11.3 Å². The van der Waals surface area contributed by atoms with Crippen LogP contribution in [0.15, 0.2) is 60.9 Å². The van der Waals surface area contributed by atoms with E-state index < -0.39 is 0 Å². The Morgan fingerprint density at radius 1 is 1.09 bits per heavy atom. The quantitative estimate of drug-likeness (QED) is 0.460. The maximum absolute atomic E-state index is 13.2. The lowest BCUT2D eigenvalue weighted by Crippen LogP contribution is -2.48. The Labute approximate surface area is 200 Å². The van der Waals surface area contributed by atoms with Gasteiger partial charge < -0.3 is 19.9 Å². The van der Waals surface area contributed by atoms with Gasteiger partial charge in [-0.05, 0) is 30.3 Å². The number of carbonyl (C=O) groups excluding carboxylic acids is 2. The third kappa shape index (κ3) is 4.63. The molecule has 10 heteroatoms. The topological polar surface area (TPSA) is 92.6 Å². The predicted octanol–water partition coefficient (Wildman–Crippen LogP) is 3.03. The number of nitrogens with zero attached hydrogens (tertiary/aromatic N) is 5. The third-order valence-electron chi connectivity index (χ3n) is 5.62. The van der Waals surface area contributed by atoms with Crippen LogP contribution < -0.4 is 10.2 Å². The second-order valence-corrected chi connectivity index (χ2v) is 8.96. The lowest BCUT2D eigenvalue weighted by molar-refractivity contribution is -0.119. The summed E-state index contributed by atoms with van der Waals surface area (Å²) >= 11 is 1.69. The van der Waals surface area contributed by atoms with Gasteiger partial charge in [-0.3, -0.25) is 9.59 Å². The van der Waals surface area contributed by atoms with Crippen LogP contribution in [0.5, 0.6) is 0 Å². The van der Waals surface area contributed by atoms with Crippen LogP contribution in [0.4, 0.5) is 10.8 Å². The monoisotopic (exact) mass is 476 g/mol. The van der Waals surface area contributed by atoms with Gasteiger partial charge in [-0.15, -0.1) is 0 Å². The van der Waals surface area contributed by atoms with E-state index in [-0.39, 0.29) is 18.4 Å². The fourth-order valence-corrected chi connectivity index (χ4v) is 4.93. The van der Waals surface area contributed by atoms with Crippen LogP contribution in [0.3, 0.4) is 0 Å². The first-order valence-corrected chi connectivity index (χ1v) is 11.8. The van der Waals surface area contributed by atoms with E-state index in [9.17, 15) is 9.59 Å². The normalized spacial score (nSPS) is 13.9. The average molecular weight is 477 g/mol. The van der Waals surface area contributed by atoms with E-state index in [0.29, 0.717) is 24.3 Å². The highest BCUT2D eigenvalue weighted by Crippen LogP contribution is 2.29. The Morgan fingerprint density at radius 3 is 2.71 bits per heavy atom. The minimum absolute atomic E-state index is 0.00780. The number of piperazine rings is 1. The molecule has 1 aliphatic heterocycles. The van der Waals surface area contributed by atoms with Crippen LogP contribution in [0.2, 0.25) is 0 Å². The van der Waals surface area contributed by atoms with Crippen molar-refractivity contribution in [1.82, 2.24) is 19.7 Å². The second-order valence-electron chi connectivity index (χ2n) is 7.95. The number of ether oxygens (including phenoxy) is 1. The summed E-state index contributed by atoms with van der Waals surface area (Å²) in [6.07, 6.45) is 3.26. The van der Waals surface area contributed by atoms with Crippen LogP contribution in [-0.2, 0) is 9.53 Å². The standard InChI is InChI=1S/C24H24N6O3S/c1-33-16-22(31)26-18-14-25-30(15-18)19-6-4-5-17(13-19)23(32)28-9-11-29(12-10-28)24-27-20-7-2-3-8-21(20)34-24/h2-8,13-15H,9-12,16H2,1H3,(H,26,31). The number of rotatable bonds is 6. The highest BCUT2D eigenvalue weighted by Gasteiger charge is 2.24. The molecule has 0 saturated carbocycles. The molecule has 0 bridgehead atoms. The van der Waals surface area contributed by atoms with E-state index in [4.69, 9.17) is 9.72 Å². The summed E-state index contributed by atoms with van der Waals surface area (Å²) in [4.78, 5) is 33.7. The van der Waals surface area contributed by atoms with E-state index >= 15 is 0 Å². The Kier molecular flexibility index (Phi) is 6.24. The molecule has 0 unspecified atom stereocenters. The van der Waals surface area contributed by atoms with Crippen molar-refractivity contribution in [1.29, 1.82) is 0 Å². The molecule has 0 aliphatic carbocycles. The number of hydrogen-bond donors (Lipinski definition) is 1. The summed E-state index contributed by atoms with van der Waals surface area (Å²) in [5.74, 6) is -0.262. The number of methoxy groups -OCH3 is 1. The molecule has 3 heterocycles. The van der Waals surface area contributed by atoms with Crippen LogP contribution in [0, 0.1) is 0 Å². The van der Waals surface area contributed by atoms with E-state index in [1.807, 2.05) is 47.4 Å². The smallest absolute Gasteiger partial charge is 0.254 e. The molecule has 2 amide bonds. The SMILES string of the molecule is COCC(=O)Nc1cnn(-c2cccc(C(=O)N3CCN(c4nc5ccccc5s4)CC3)c2)c1. The Balaban J connectivity index is 1.24. The van der Waals surface area contributed by atoms with Crippen molar-refractivity contribution in [2.45, 2.75) is 0 Å². The minimum atomic E-state index is -0.254. The molecule has 174 valence electrons. The first-order chi connectivity index (χ1) is 16.6. The second kappa shape index (κ2) is 9.62. The Bertz CT molecular complexity index is 1290. The minimum Gasteiger partial charge on any atom is -0.375 e. The van der Waals surface area contributed by atoms with Crippen LogP contribution in [0.25, 0.3) is 15.9 Å². The molecule has 0 atom stereocenters. The fraction of sp³-hybridized carbons (Fsp3) is 0.250. The molecular formula is C24H24N6O3S. The lowest BCUT2D eigenvalue weighted by atomic mass is 10.1. The zero-order valence-electron chi connectivity index (χ0n) is 18.7. The molecule has 1 N–H and O–H groups in total. The van der Waals surface area contributed by atoms with Crippen LogP contribution in [-0.4, -0.2) is 71.4 Å². The fourth-order valence-electron chi connectivity index (χ4n) is 3.92. The zero-order chi connectivity index (χ0) is 23.5. The summed E-state index contributed by atoms with van der Waals surface area (Å²) in [7, 11) is 1.46. The first-order valence-electron chi connectivity index (χ1n) is 10.9.